The molecule has 2 heterocycles. The minimum atomic E-state index is -0.370. The lowest BCUT2D eigenvalue weighted by Gasteiger charge is -2.31. The van der Waals surface area contributed by atoms with Gasteiger partial charge in [0.25, 0.3) is 5.91 Å². The van der Waals surface area contributed by atoms with Gasteiger partial charge in [0.2, 0.25) is 5.91 Å². The van der Waals surface area contributed by atoms with Crippen LogP contribution in [0, 0.1) is 22.6 Å². The number of carbonyl (C=O) groups is 2. The fraction of sp³-hybridized carbons (Fsp3) is 0.409. The van der Waals surface area contributed by atoms with E-state index in [1.54, 1.807) is 31.2 Å². The van der Waals surface area contributed by atoms with Crippen molar-refractivity contribution in [2.24, 2.45) is 11.3 Å². The Bertz CT molecular complexity index is 1050. The Hall–Kier alpha value is -2.74. The summed E-state index contributed by atoms with van der Waals surface area (Å²) in [5, 5.41) is 14.3. The summed E-state index contributed by atoms with van der Waals surface area (Å²) in [4.78, 5) is 28.3. The Balaban J connectivity index is 1.42. The van der Waals surface area contributed by atoms with Gasteiger partial charge in [-0.25, -0.2) is 4.39 Å². The van der Waals surface area contributed by atoms with Gasteiger partial charge in [0.05, 0.1) is 28.9 Å². The van der Waals surface area contributed by atoms with E-state index >= 15 is 0 Å². The molecule has 2 fully saturated rings. The Kier molecular flexibility index (Phi) is 4.73. The molecule has 0 bridgehead atoms. The predicted octanol–water partition coefficient (Wildman–Crippen LogP) is 3.66. The molecule has 3 atom stereocenters. The van der Waals surface area contributed by atoms with E-state index in [2.05, 4.69) is 10.6 Å². The standard InChI is InChI=1S/C22H25FN4O2S/c1-12(13-6-5-7-14(23)10-13)25-18(28)16-9-8-15(30-16)11-27-19(29)17-21(2,3)22(17,4)26-20(27)24/h5-10,12,17H,11H2,1-4H3,(H2,24,26)(H,25,28)/t12-,17?,22-/m0/s1. The first kappa shape index (κ1) is 20.5. The van der Waals surface area contributed by atoms with E-state index in [9.17, 15) is 14.0 Å². The summed E-state index contributed by atoms with van der Waals surface area (Å²) in [6.07, 6.45) is 0. The van der Waals surface area contributed by atoms with E-state index in [0.29, 0.717) is 10.4 Å². The summed E-state index contributed by atoms with van der Waals surface area (Å²) >= 11 is 1.29. The Morgan fingerprint density at radius 2 is 2.07 bits per heavy atom. The molecule has 6 nitrogen and oxygen atoms in total. The molecule has 8 heteroatoms. The molecule has 1 aromatic carbocycles. The van der Waals surface area contributed by atoms with Crippen LogP contribution in [0.3, 0.4) is 0 Å². The van der Waals surface area contributed by atoms with Crippen LogP contribution in [0.25, 0.3) is 0 Å². The maximum atomic E-state index is 13.4. The molecule has 0 radical (unpaired) electrons. The fourth-order valence-corrected chi connectivity index (χ4v) is 5.27. The van der Waals surface area contributed by atoms with Gasteiger partial charge in [-0.3, -0.25) is 19.9 Å². The summed E-state index contributed by atoms with van der Waals surface area (Å²) in [6.45, 7) is 8.11. The zero-order chi connectivity index (χ0) is 21.8. The Morgan fingerprint density at radius 3 is 2.77 bits per heavy atom. The first-order chi connectivity index (χ1) is 14.0. The Morgan fingerprint density at radius 1 is 1.33 bits per heavy atom. The van der Waals surface area contributed by atoms with E-state index < -0.39 is 0 Å². The first-order valence-corrected chi connectivity index (χ1v) is 10.7. The third-order valence-corrected chi connectivity index (χ3v) is 7.68. The zero-order valence-corrected chi connectivity index (χ0v) is 18.2. The van der Waals surface area contributed by atoms with Gasteiger partial charge in [-0.05, 0) is 43.7 Å². The number of guanidine groups is 1. The van der Waals surface area contributed by atoms with Gasteiger partial charge in [-0.2, -0.15) is 0 Å². The third kappa shape index (κ3) is 3.19. The van der Waals surface area contributed by atoms with Crippen molar-refractivity contribution in [3.63, 3.8) is 0 Å². The molecule has 2 aromatic rings. The number of benzene rings is 1. The number of thiophene rings is 1. The number of nitrogens with one attached hydrogen (secondary N) is 3. The van der Waals surface area contributed by atoms with Crippen LogP contribution in [0.4, 0.5) is 4.39 Å². The van der Waals surface area contributed by atoms with Crippen LogP contribution in [0.15, 0.2) is 36.4 Å². The Labute approximate surface area is 179 Å². The molecule has 0 spiro atoms. The average Bonchev–Trinajstić information content (AvgIpc) is 2.99. The molecular formula is C22H25FN4O2S. The van der Waals surface area contributed by atoms with Crippen LogP contribution in [-0.2, 0) is 11.3 Å². The summed E-state index contributed by atoms with van der Waals surface area (Å²) in [7, 11) is 0. The van der Waals surface area contributed by atoms with Crippen LogP contribution in [0.1, 0.15) is 53.8 Å². The largest absolute Gasteiger partial charge is 0.349 e. The van der Waals surface area contributed by atoms with Crippen molar-refractivity contribution in [3.8, 4) is 0 Å². The van der Waals surface area contributed by atoms with E-state index in [0.717, 1.165) is 4.88 Å². The lowest BCUT2D eigenvalue weighted by molar-refractivity contribution is -0.131. The SMILES string of the molecule is C[C@H](NC(=O)c1ccc(CN2C(=N)N[C@@]3(C)C(C2=O)C3(C)C)s1)c1cccc(F)c1. The quantitative estimate of drug-likeness (QED) is 0.679. The lowest BCUT2D eigenvalue weighted by Crippen LogP contribution is -2.55. The molecule has 1 saturated carbocycles. The highest BCUT2D eigenvalue weighted by molar-refractivity contribution is 7.14. The van der Waals surface area contributed by atoms with Gasteiger partial charge in [0.15, 0.2) is 5.96 Å². The van der Waals surface area contributed by atoms with Gasteiger partial charge in [0, 0.05) is 10.3 Å². The van der Waals surface area contributed by atoms with Crippen LogP contribution in [0.2, 0.25) is 0 Å². The molecule has 1 aliphatic heterocycles. The van der Waals surface area contributed by atoms with Crippen LogP contribution >= 0.6 is 11.3 Å². The van der Waals surface area contributed by atoms with Gasteiger partial charge < -0.3 is 10.6 Å². The minimum Gasteiger partial charge on any atom is -0.349 e. The van der Waals surface area contributed by atoms with Gasteiger partial charge in [0.1, 0.15) is 5.82 Å². The third-order valence-electron chi connectivity index (χ3n) is 6.61. The van der Waals surface area contributed by atoms with E-state index in [-0.39, 0.29) is 53.0 Å². The van der Waals surface area contributed by atoms with Crippen molar-refractivity contribution in [2.45, 2.75) is 45.8 Å². The number of hydrogen-bond donors (Lipinski definition) is 3. The normalized spacial score (nSPS) is 25.4. The van der Waals surface area contributed by atoms with Crippen molar-refractivity contribution in [1.82, 2.24) is 15.5 Å². The molecule has 30 heavy (non-hydrogen) atoms. The summed E-state index contributed by atoms with van der Waals surface area (Å²) in [6, 6.07) is 9.32. The number of hydrogen-bond acceptors (Lipinski definition) is 4. The van der Waals surface area contributed by atoms with Crippen LogP contribution in [-0.4, -0.2) is 28.2 Å². The maximum absolute atomic E-state index is 13.4. The van der Waals surface area contributed by atoms with Crippen molar-refractivity contribution in [2.75, 3.05) is 0 Å². The van der Waals surface area contributed by atoms with Crippen molar-refractivity contribution in [3.05, 3.63) is 57.5 Å². The van der Waals surface area contributed by atoms with Crippen molar-refractivity contribution in [1.29, 1.82) is 5.41 Å². The summed E-state index contributed by atoms with van der Waals surface area (Å²) in [5.74, 6) is -0.705. The number of nitrogens with zero attached hydrogens (tertiary/aromatic N) is 1. The monoisotopic (exact) mass is 428 g/mol. The number of halogens is 1. The molecule has 2 amide bonds. The minimum absolute atomic E-state index is 0.0506. The molecule has 4 rings (SSSR count). The zero-order valence-electron chi connectivity index (χ0n) is 17.4. The molecule has 3 N–H and O–H groups in total. The molecule has 1 aliphatic carbocycles. The van der Waals surface area contributed by atoms with Crippen LogP contribution < -0.4 is 10.6 Å². The summed E-state index contributed by atoms with van der Waals surface area (Å²) < 4.78 is 13.4. The lowest BCUT2D eigenvalue weighted by atomic mass is 10.1. The topological polar surface area (TPSA) is 85.3 Å². The maximum Gasteiger partial charge on any atom is 0.261 e. The smallest absolute Gasteiger partial charge is 0.261 e. The predicted molar refractivity (Wildman–Crippen MR) is 114 cm³/mol. The average molecular weight is 429 g/mol. The van der Waals surface area contributed by atoms with E-state index in [1.165, 1.54) is 28.4 Å². The molecular weight excluding hydrogens is 403 g/mol. The fourth-order valence-electron chi connectivity index (χ4n) is 4.37. The molecule has 1 unspecified atom stereocenters. The van der Waals surface area contributed by atoms with E-state index in [1.807, 2.05) is 20.8 Å². The van der Waals surface area contributed by atoms with Crippen molar-refractivity contribution >= 4 is 29.1 Å². The van der Waals surface area contributed by atoms with Gasteiger partial charge in [-0.15, -0.1) is 11.3 Å². The number of carbonyl (C=O) groups excluding carboxylic acids is 2. The second-order valence-corrected chi connectivity index (χ2v) is 9.94. The van der Waals surface area contributed by atoms with Gasteiger partial charge >= 0.3 is 0 Å². The summed E-state index contributed by atoms with van der Waals surface area (Å²) in [5.41, 5.74) is 0.123. The van der Waals surface area contributed by atoms with Gasteiger partial charge in [-0.1, -0.05) is 26.0 Å². The number of amides is 2. The highest BCUT2D eigenvalue weighted by Gasteiger charge is 2.75. The second kappa shape index (κ2) is 6.91. The highest BCUT2D eigenvalue weighted by atomic mass is 32.1. The molecule has 2 aliphatic rings. The molecule has 1 saturated heterocycles. The first-order valence-electron chi connectivity index (χ1n) is 9.88. The van der Waals surface area contributed by atoms with E-state index in [4.69, 9.17) is 5.41 Å². The van der Waals surface area contributed by atoms with Crippen LogP contribution in [0.5, 0.6) is 0 Å². The molecule has 158 valence electrons. The number of fused-ring (bicyclic) bond motifs is 1. The van der Waals surface area contributed by atoms with Crippen molar-refractivity contribution < 1.29 is 14.0 Å². The highest BCUT2D eigenvalue weighted by Crippen LogP contribution is 2.63. The second-order valence-electron chi connectivity index (χ2n) is 8.77. The number of rotatable bonds is 5. The molecule has 1 aromatic heterocycles.